The number of aromatic hydroxyl groups is 1. The van der Waals surface area contributed by atoms with E-state index < -0.39 is 17.6 Å². The molecule has 1 heterocycles. The van der Waals surface area contributed by atoms with Crippen LogP contribution < -0.4 is 5.32 Å². The molecule has 2 amide bonds. The highest BCUT2D eigenvalue weighted by Crippen LogP contribution is 2.35. The Bertz CT molecular complexity index is 964. The number of azo groups is 1. The Kier molecular flexibility index (Phi) is 4.51. The third kappa shape index (κ3) is 3.69. The van der Waals surface area contributed by atoms with Crippen molar-refractivity contribution < 1.29 is 19.1 Å². The Morgan fingerprint density at radius 1 is 1.12 bits per heavy atom. The van der Waals surface area contributed by atoms with Gasteiger partial charge >= 0.3 is 0 Å². The van der Waals surface area contributed by atoms with Crippen LogP contribution >= 0.6 is 0 Å². The number of aromatic nitrogens is 1. The molecule has 3 aromatic rings. The number of hydrogen-bond acceptors (Lipinski definition) is 4. The third-order valence-electron chi connectivity index (χ3n) is 3.43. The molecule has 8 heteroatoms. The number of aromatic amines is 1. The van der Waals surface area contributed by atoms with Crippen molar-refractivity contribution in [3.05, 3.63) is 59.9 Å². The van der Waals surface area contributed by atoms with Crippen LogP contribution in [0.4, 0.5) is 10.1 Å². The minimum absolute atomic E-state index is 0.147. The normalized spacial score (nSPS) is 11.1. The molecule has 126 valence electrons. The van der Waals surface area contributed by atoms with Gasteiger partial charge in [0.1, 0.15) is 12.4 Å². The van der Waals surface area contributed by atoms with Crippen molar-refractivity contribution in [2.75, 3.05) is 6.54 Å². The van der Waals surface area contributed by atoms with Crippen molar-refractivity contribution in [1.82, 2.24) is 10.3 Å². The van der Waals surface area contributed by atoms with E-state index in [1.807, 2.05) is 0 Å². The Labute approximate surface area is 141 Å². The average Bonchev–Trinajstić information content (AvgIpc) is 2.93. The molecule has 0 atom stereocenters. The predicted molar refractivity (Wildman–Crippen MR) is 88.2 cm³/mol. The summed E-state index contributed by atoms with van der Waals surface area (Å²) < 4.78 is 12.8. The van der Waals surface area contributed by atoms with E-state index in [4.69, 9.17) is 0 Å². The average molecular weight is 340 g/mol. The van der Waals surface area contributed by atoms with Gasteiger partial charge in [0, 0.05) is 10.9 Å². The van der Waals surface area contributed by atoms with Gasteiger partial charge in [0.15, 0.2) is 5.69 Å². The predicted octanol–water partition coefficient (Wildman–Crippen LogP) is 3.05. The van der Waals surface area contributed by atoms with Crippen LogP contribution in [0.1, 0.15) is 10.4 Å². The summed E-state index contributed by atoms with van der Waals surface area (Å²) in [7, 11) is 0. The first-order chi connectivity index (χ1) is 12.0. The van der Waals surface area contributed by atoms with Gasteiger partial charge in [-0.25, -0.2) is 4.39 Å². The number of amides is 2. The van der Waals surface area contributed by atoms with Gasteiger partial charge in [0.05, 0.1) is 5.52 Å². The first-order valence-corrected chi connectivity index (χ1v) is 7.32. The number of benzene rings is 2. The van der Waals surface area contributed by atoms with Crippen molar-refractivity contribution in [3.63, 3.8) is 0 Å². The first kappa shape index (κ1) is 16.3. The maximum absolute atomic E-state index is 12.8. The fraction of sp³-hybridized carbons (Fsp3) is 0.0588. The van der Waals surface area contributed by atoms with Gasteiger partial charge < -0.3 is 15.4 Å². The standard InChI is InChI=1S/C17H13FN4O3/c18-11-7-5-10(6-8-11)16(24)19-9-14(23)21-22-15-12-3-1-2-4-13(12)20-17(15)25/h1-8,20,25H,9H2,(H,19,24). The van der Waals surface area contributed by atoms with Crippen molar-refractivity contribution in [3.8, 4) is 5.88 Å². The van der Waals surface area contributed by atoms with Crippen molar-refractivity contribution in [2.45, 2.75) is 0 Å². The molecule has 0 aliphatic carbocycles. The topological polar surface area (TPSA) is 107 Å². The maximum Gasteiger partial charge on any atom is 0.283 e. The molecule has 0 saturated heterocycles. The number of nitrogens with zero attached hydrogens (tertiary/aromatic N) is 2. The summed E-state index contributed by atoms with van der Waals surface area (Å²) in [5.74, 6) is -1.88. The first-order valence-electron chi connectivity index (χ1n) is 7.32. The molecule has 0 fully saturated rings. The third-order valence-corrected chi connectivity index (χ3v) is 3.43. The summed E-state index contributed by atoms with van der Waals surface area (Å²) in [6.45, 7) is -0.372. The largest absolute Gasteiger partial charge is 0.493 e. The van der Waals surface area contributed by atoms with Gasteiger partial charge in [-0.05, 0) is 30.3 Å². The molecule has 0 aliphatic rings. The molecule has 3 N–H and O–H groups in total. The van der Waals surface area contributed by atoms with Crippen LogP contribution in [0.3, 0.4) is 0 Å². The van der Waals surface area contributed by atoms with Crippen LogP contribution in [0.5, 0.6) is 5.88 Å². The Hall–Kier alpha value is -3.55. The molecule has 0 spiro atoms. The highest BCUT2D eigenvalue weighted by atomic mass is 19.1. The molecule has 0 bridgehead atoms. The summed E-state index contributed by atoms with van der Waals surface area (Å²) in [6, 6.07) is 11.9. The zero-order chi connectivity index (χ0) is 17.8. The minimum Gasteiger partial charge on any atom is -0.493 e. The SMILES string of the molecule is O=C(CNC(=O)c1ccc(F)cc1)N=Nc1c(O)[nH]c2ccccc12. The molecular weight excluding hydrogens is 327 g/mol. The van der Waals surface area contributed by atoms with Crippen molar-refractivity contribution >= 4 is 28.4 Å². The van der Waals surface area contributed by atoms with E-state index >= 15 is 0 Å². The van der Waals surface area contributed by atoms with E-state index in [9.17, 15) is 19.1 Å². The Morgan fingerprint density at radius 2 is 1.84 bits per heavy atom. The zero-order valence-electron chi connectivity index (χ0n) is 12.9. The second-order valence-electron chi connectivity index (χ2n) is 5.15. The van der Waals surface area contributed by atoms with Crippen LogP contribution in [-0.2, 0) is 4.79 Å². The van der Waals surface area contributed by atoms with Gasteiger partial charge in [0.25, 0.3) is 11.8 Å². The number of halogens is 1. The molecule has 0 saturated carbocycles. The number of nitrogens with one attached hydrogen (secondary N) is 2. The van der Waals surface area contributed by atoms with E-state index in [1.165, 1.54) is 12.1 Å². The lowest BCUT2D eigenvalue weighted by Crippen LogP contribution is -2.28. The molecule has 1 aromatic heterocycles. The van der Waals surface area contributed by atoms with E-state index in [2.05, 4.69) is 20.5 Å². The Balaban J connectivity index is 1.64. The summed E-state index contributed by atoms with van der Waals surface area (Å²) >= 11 is 0. The van der Waals surface area contributed by atoms with Gasteiger partial charge in [-0.1, -0.05) is 18.2 Å². The number of hydrogen-bond donors (Lipinski definition) is 3. The fourth-order valence-electron chi connectivity index (χ4n) is 2.21. The lowest BCUT2D eigenvalue weighted by molar-refractivity contribution is -0.117. The van der Waals surface area contributed by atoms with Crippen molar-refractivity contribution in [1.29, 1.82) is 0 Å². The fourth-order valence-corrected chi connectivity index (χ4v) is 2.21. The molecule has 0 unspecified atom stereocenters. The number of carbonyl (C=O) groups excluding carboxylic acids is 2. The lowest BCUT2D eigenvalue weighted by Gasteiger charge is -2.02. The van der Waals surface area contributed by atoms with Gasteiger partial charge in [0.2, 0.25) is 5.88 Å². The van der Waals surface area contributed by atoms with Gasteiger partial charge in [-0.3, -0.25) is 9.59 Å². The van der Waals surface area contributed by atoms with Crippen LogP contribution in [0.2, 0.25) is 0 Å². The Morgan fingerprint density at radius 3 is 2.60 bits per heavy atom. The maximum atomic E-state index is 12.8. The number of para-hydroxylation sites is 1. The summed E-state index contributed by atoms with van der Waals surface area (Å²) in [5, 5.41) is 20.0. The highest BCUT2D eigenvalue weighted by Gasteiger charge is 2.11. The monoisotopic (exact) mass is 340 g/mol. The molecule has 3 rings (SSSR count). The molecule has 7 nitrogen and oxygen atoms in total. The van der Waals surface area contributed by atoms with Crippen LogP contribution in [0.15, 0.2) is 58.8 Å². The zero-order valence-corrected chi connectivity index (χ0v) is 12.9. The highest BCUT2D eigenvalue weighted by molar-refractivity contribution is 5.97. The van der Waals surface area contributed by atoms with E-state index in [0.29, 0.717) is 10.9 Å². The summed E-state index contributed by atoms with van der Waals surface area (Å²) in [5.41, 5.74) is 1.03. The lowest BCUT2D eigenvalue weighted by atomic mass is 10.2. The minimum atomic E-state index is -0.694. The second-order valence-corrected chi connectivity index (χ2v) is 5.15. The number of fused-ring (bicyclic) bond motifs is 1. The number of carbonyl (C=O) groups is 2. The van der Waals surface area contributed by atoms with E-state index in [0.717, 1.165) is 12.1 Å². The number of rotatable bonds is 4. The van der Waals surface area contributed by atoms with Crippen molar-refractivity contribution in [2.24, 2.45) is 10.2 Å². The van der Waals surface area contributed by atoms with E-state index in [1.54, 1.807) is 24.3 Å². The molecular formula is C17H13FN4O3. The van der Waals surface area contributed by atoms with Gasteiger partial charge in [-0.15, -0.1) is 10.2 Å². The smallest absolute Gasteiger partial charge is 0.283 e. The van der Waals surface area contributed by atoms with Gasteiger partial charge in [-0.2, -0.15) is 0 Å². The molecule has 25 heavy (non-hydrogen) atoms. The molecule has 0 aliphatic heterocycles. The summed E-state index contributed by atoms with van der Waals surface area (Å²) in [4.78, 5) is 26.3. The molecule has 2 aromatic carbocycles. The number of H-pyrrole nitrogens is 1. The van der Waals surface area contributed by atoms with Crippen LogP contribution in [0, 0.1) is 5.82 Å². The van der Waals surface area contributed by atoms with Crippen LogP contribution in [0.25, 0.3) is 10.9 Å². The summed E-state index contributed by atoms with van der Waals surface area (Å²) in [6.07, 6.45) is 0. The second kappa shape index (κ2) is 6.91. The molecule has 0 radical (unpaired) electrons. The van der Waals surface area contributed by atoms with E-state index in [-0.39, 0.29) is 23.7 Å². The van der Waals surface area contributed by atoms with Crippen LogP contribution in [-0.4, -0.2) is 28.4 Å². The quantitative estimate of drug-likeness (QED) is 0.635.